The van der Waals surface area contributed by atoms with E-state index in [1.165, 1.54) is 0 Å². The molecule has 21 heavy (non-hydrogen) atoms. The monoisotopic (exact) mass is 344 g/mol. The molecule has 0 spiro atoms. The Labute approximate surface area is 139 Å². The first kappa shape index (κ1) is 16.3. The second kappa shape index (κ2) is 5.99. The van der Waals surface area contributed by atoms with Crippen LogP contribution in [0.2, 0.25) is 15.2 Å². The second-order valence-corrected chi connectivity index (χ2v) is 6.90. The van der Waals surface area contributed by atoms with E-state index in [1.54, 1.807) is 25.1 Å². The Kier molecular flexibility index (Phi) is 4.66. The van der Waals surface area contributed by atoms with Gasteiger partial charge in [0.1, 0.15) is 16.7 Å². The summed E-state index contributed by atoms with van der Waals surface area (Å²) >= 11 is 18.2. The van der Waals surface area contributed by atoms with Crippen molar-refractivity contribution >= 4 is 34.8 Å². The van der Waals surface area contributed by atoms with Crippen LogP contribution in [0, 0.1) is 6.92 Å². The zero-order valence-electron chi connectivity index (χ0n) is 12.2. The Morgan fingerprint density at radius 2 is 1.71 bits per heavy atom. The molecule has 0 fully saturated rings. The maximum atomic E-state index is 6.17. The summed E-state index contributed by atoms with van der Waals surface area (Å²) < 4.78 is 5.79. The number of rotatable bonds is 2. The number of benzene rings is 1. The molecular formula is C15H15Cl3N2O. The predicted molar refractivity (Wildman–Crippen MR) is 87.0 cm³/mol. The van der Waals surface area contributed by atoms with Gasteiger partial charge >= 0.3 is 0 Å². The first-order valence-corrected chi connectivity index (χ1v) is 7.49. The van der Waals surface area contributed by atoms with Crippen LogP contribution in [0.25, 0.3) is 0 Å². The number of hydrogen-bond donors (Lipinski definition) is 0. The molecule has 0 N–H and O–H groups in total. The first-order valence-electron chi connectivity index (χ1n) is 6.36. The fourth-order valence-electron chi connectivity index (χ4n) is 1.56. The van der Waals surface area contributed by atoms with Gasteiger partial charge in [-0.2, -0.15) is 4.98 Å². The highest BCUT2D eigenvalue weighted by Crippen LogP contribution is 2.34. The van der Waals surface area contributed by atoms with Gasteiger partial charge < -0.3 is 4.74 Å². The molecule has 0 aliphatic heterocycles. The van der Waals surface area contributed by atoms with Gasteiger partial charge in [-0.1, -0.05) is 55.6 Å². The summed E-state index contributed by atoms with van der Waals surface area (Å²) in [6.45, 7) is 7.81. The third-order valence-corrected chi connectivity index (χ3v) is 3.73. The molecule has 1 heterocycles. The molecule has 0 amide bonds. The molecule has 0 aliphatic rings. The molecular weight excluding hydrogens is 331 g/mol. The van der Waals surface area contributed by atoms with Crippen molar-refractivity contribution in [2.75, 3.05) is 0 Å². The number of ether oxygens (including phenoxy) is 1. The maximum Gasteiger partial charge on any atom is 0.227 e. The molecule has 1 aromatic carbocycles. The quantitative estimate of drug-likeness (QED) is 0.642. The minimum Gasteiger partial charge on any atom is -0.437 e. The van der Waals surface area contributed by atoms with Crippen LogP contribution in [0.4, 0.5) is 0 Å². The van der Waals surface area contributed by atoms with Gasteiger partial charge in [-0.15, -0.1) is 0 Å². The molecule has 2 rings (SSSR count). The van der Waals surface area contributed by atoms with Gasteiger partial charge in [0.15, 0.2) is 0 Å². The minimum atomic E-state index is -0.242. The van der Waals surface area contributed by atoms with E-state index in [4.69, 9.17) is 39.5 Å². The van der Waals surface area contributed by atoms with Crippen molar-refractivity contribution in [1.29, 1.82) is 0 Å². The van der Waals surface area contributed by atoms with Crippen LogP contribution < -0.4 is 4.74 Å². The molecule has 0 saturated heterocycles. The van der Waals surface area contributed by atoms with Crippen LogP contribution >= 0.6 is 34.8 Å². The van der Waals surface area contributed by atoms with Crippen molar-refractivity contribution in [2.24, 2.45) is 0 Å². The van der Waals surface area contributed by atoms with E-state index in [0.29, 0.717) is 38.2 Å². The highest BCUT2D eigenvalue weighted by Gasteiger charge is 2.22. The average Bonchev–Trinajstić information content (AvgIpc) is 2.37. The van der Waals surface area contributed by atoms with Gasteiger partial charge in [0.05, 0.1) is 5.02 Å². The van der Waals surface area contributed by atoms with Crippen molar-refractivity contribution < 1.29 is 4.74 Å². The van der Waals surface area contributed by atoms with Gasteiger partial charge in [-0.25, -0.2) is 4.98 Å². The molecule has 6 heteroatoms. The summed E-state index contributed by atoms with van der Waals surface area (Å²) in [6.07, 6.45) is 0. The lowest BCUT2D eigenvalue weighted by Gasteiger charge is -2.19. The number of nitrogens with zero attached hydrogens (tertiary/aromatic N) is 2. The Morgan fingerprint density at radius 3 is 2.33 bits per heavy atom. The lowest BCUT2D eigenvalue weighted by atomic mass is 9.96. The highest BCUT2D eigenvalue weighted by molar-refractivity contribution is 6.34. The predicted octanol–water partition coefficient (Wildman–Crippen LogP) is 5.84. The van der Waals surface area contributed by atoms with Gasteiger partial charge in [-0.3, -0.25) is 0 Å². The van der Waals surface area contributed by atoms with Crippen LogP contribution in [0.1, 0.15) is 32.2 Å². The third-order valence-electron chi connectivity index (χ3n) is 2.81. The summed E-state index contributed by atoms with van der Waals surface area (Å²) in [6, 6.07) is 5.00. The molecule has 0 bridgehead atoms. The van der Waals surface area contributed by atoms with Crippen molar-refractivity contribution in [2.45, 2.75) is 33.1 Å². The molecule has 3 nitrogen and oxygen atoms in total. The lowest BCUT2D eigenvalue weighted by molar-refractivity contribution is 0.442. The van der Waals surface area contributed by atoms with Gasteiger partial charge in [-0.05, 0) is 19.1 Å². The van der Waals surface area contributed by atoms with Crippen molar-refractivity contribution in [1.82, 2.24) is 9.97 Å². The topological polar surface area (TPSA) is 35.0 Å². The van der Waals surface area contributed by atoms with Crippen LogP contribution in [-0.2, 0) is 5.41 Å². The normalized spacial score (nSPS) is 11.6. The maximum absolute atomic E-state index is 6.17. The largest absolute Gasteiger partial charge is 0.437 e. The number of halogens is 3. The zero-order chi connectivity index (χ0) is 15.8. The summed E-state index contributed by atoms with van der Waals surface area (Å²) in [5.74, 6) is 1.41. The Hall–Kier alpha value is -1.03. The molecule has 0 saturated carbocycles. The standard InChI is InChI=1S/C15H15Cl3N2O/c1-8-12(18)19-14(15(2,3)4)20-13(8)21-11-7-9(16)5-6-10(11)17/h5-7H,1-4H3. The first-order chi connectivity index (χ1) is 9.68. The van der Waals surface area contributed by atoms with Crippen LogP contribution in [0.3, 0.4) is 0 Å². The number of hydrogen-bond acceptors (Lipinski definition) is 3. The van der Waals surface area contributed by atoms with E-state index in [0.717, 1.165) is 0 Å². The fourth-order valence-corrected chi connectivity index (χ4v) is 2.04. The summed E-state index contributed by atoms with van der Waals surface area (Å²) in [5.41, 5.74) is 0.411. The smallest absolute Gasteiger partial charge is 0.227 e. The molecule has 1 aromatic heterocycles. The molecule has 0 atom stereocenters. The Morgan fingerprint density at radius 1 is 1.05 bits per heavy atom. The molecule has 0 radical (unpaired) electrons. The van der Waals surface area contributed by atoms with Crippen LogP contribution in [0.5, 0.6) is 11.6 Å². The second-order valence-electron chi connectivity index (χ2n) is 5.69. The van der Waals surface area contributed by atoms with Crippen LogP contribution in [-0.4, -0.2) is 9.97 Å². The van der Waals surface area contributed by atoms with E-state index < -0.39 is 0 Å². The minimum absolute atomic E-state index is 0.242. The fraction of sp³-hybridized carbons (Fsp3) is 0.333. The number of aromatic nitrogens is 2. The average molecular weight is 346 g/mol. The van der Waals surface area contributed by atoms with E-state index in [1.807, 2.05) is 20.8 Å². The van der Waals surface area contributed by atoms with Crippen molar-refractivity contribution in [3.05, 3.63) is 44.8 Å². The zero-order valence-corrected chi connectivity index (χ0v) is 14.4. The highest BCUT2D eigenvalue weighted by atomic mass is 35.5. The van der Waals surface area contributed by atoms with E-state index in [9.17, 15) is 0 Å². The molecule has 0 aliphatic carbocycles. The van der Waals surface area contributed by atoms with E-state index >= 15 is 0 Å². The Bertz CT molecular complexity index is 681. The van der Waals surface area contributed by atoms with Gasteiger partial charge in [0, 0.05) is 22.1 Å². The van der Waals surface area contributed by atoms with Crippen molar-refractivity contribution in [3.8, 4) is 11.6 Å². The summed E-state index contributed by atoms with van der Waals surface area (Å²) in [4.78, 5) is 8.75. The summed E-state index contributed by atoms with van der Waals surface area (Å²) in [5, 5.41) is 1.34. The Balaban J connectivity index is 2.49. The molecule has 0 unspecified atom stereocenters. The summed E-state index contributed by atoms with van der Waals surface area (Å²) in [7, 11) is 0. The van der Waals surface area contributed by atoms with Gasteiger partial charge in [0.2, 0.25) is 5.88 Å². The van der Waals surface area contributed by atoms with E-state index in [2.05, 4.69) is 9.97 Å². The molecule has 2 aromatic rings. The molecule has 112 valence electrons. The third kappa shape index (κ3) is 3.79. The van der Waals surface area contributed by atoms with E-state index in [-0.39, 0.29) is 5.41 Å². The SMILES string of the molecule is Cc1c(Cl)nc(C(C)(C)C)nc1Oc1cc(Cl)ccc1Cl. The lowest BCUT2D eigenvalue weighted by Crippen LogP contribution is -2.17. The van der Waals surface area contributed by atoms with Crippen LogP contribution in [0.15, 0.2) is 18.2 Å². The van der Waals surface area contributed by atoms with Crippen molar-refractivity contribution in [3.63, 3.8) is 0 Å². The van der Waals surface area contributed by atoms with Gasteiger partial charge in [0.25, 0.3) is 0 Å².